The molecule has 2 atom stereocenters. The Hall–Kier alpha value is -1.23. The van der Waals surface area contributed by atoms with Crippen LogP contribution in [0.4, 0.5) is 0 Å². The molecule has 4 heteroatoms. The van der Waals surface area contributed by atoms with E-state index in [2.05, 4.69) is 64.1 Å². The average Bonchev–Trinajstić information content (AvgIpc) is 2.48. The van der Waals surface area contributed by atoms with Gasteiger partial charge in [-0.15, -0.1) is 0 Å². The summed E-state index contributed by atoms with van der Waals surface area (Å²) in [6.07, 6.45) is 2.75. The molecule has 0 aliphatic heterocycles. The van der Waals surface area contributed by atoms with Crippen LogP contribution in [-0.2, 0) is 6.54 Å². The van der Waals surface area contributed by atoms with E-state index in [0.717, 1.165) is 23.1 Å². The summed E-state index contributed by atoms with van der Waals surface area (Å²) in [6, 6.07) is 14.6. The van der Waals surface area contributed by atoms with Gasteiger partial charge in [0, 0.05) is 23.3 Å². The van der Waals surface area contributed by atoms with E-state index >= 15 is 0 Å². The van der Waals surface area contributed by atoms with Gasteiger partial charge >= 0.3 is 0 Å². The van der Waals surface area contributed by atoms with Gasteiger partial charge in [-0.3, -0.25) is 9.88 Å². The molecule has 2 aromatic rings. The first-order chi connectivity index (χ1) is 10.1. The molecule has 21 heavy (non-hydrogen) atoms. The lowest BCUT2D eigenvalue weighted by Crippen LogP contribution is -2.39. The minimum absolute atomic E-state index is 0.0667. The molecule has 0 aliphatic carbocycles. The first-order valence-electron chi connectivity index (χ1n) is 7.23. The summed E-state index contributed by atoms with van der Waals surface area (Å²) >= 11 is 3.52. The number of aromatic nitrogens is 1. The largest absolute Gasteiger partial charge is 0.326 e. The number of rotatable bonds is 6. The Morgan fingerprint density at radius 1 is 1.24 bits per heavy atom. The Bertz CT molecular complexity index is 559. The van der Waals surface area contributed by atoms with Crippen molar-refractivity contribution in [3.05, 3.63) is 64.4 Å². The summed E-state index contributed by atoms with van der Waals surface area (Å²) < 4.78 is 1.10. The van der Waals surface area contributed by atoms with Gasteiger partial charge in [0.2, 0.25) is 0 Å². The van der Waals surface area contributed by atoms with Crippen LogP contribution in [0.1, 0.15) is 30.6 Å². The Morgan fingerprint density at radius 3 is 2.67 bits per heavy atom. The van der Waals surface area contributed by atoms with Crippen LogP contribution in [0, 0.1) is 0 Å². The maximum Gasteiger partial charge on any atom is 0.0673 e. The van der Waals surface area contributed by atoms with E-state index in [1.165, 1.54) is 5.56 Å². The zero-order chi connectivity index (χ0) is 15.2. The summed E-state index contributed by atoms with van der Waals surface area (Å²) in [6.45, 7) is 2.96. The maximum absolute atomic E-state index is 6.34. The van der Waals surface area contributed by atoms with Gasteiger partial charge in [-0.2, -0.15) is 0 Å². The van der Waals surface area contributed by atoms with Crippen LogP contribution in [0.2, 0.25) is 0 Å². The maximum atomic E-state index is 6.34. The van der Waals surface area contributed by atoms with Crippen LogP contribution in [0.25, 0.3) is 0 Å². The van der Waals surface area contributed by atoms with E-state index < -0.39 is 0 Å². The fourth-order valence-electron chi connectivity index (χ4n) is 2.57. The molecule has 0 fully saturated rings. The standard InChI is InChI=1S/C17H22BrN3/c1-3-15(19)17(16-9-4-5-10-20-16)21(2)12-13-7-6-8-14(18)11-13/h4-11,15,17H,3,12,19H2,1-2H3. The molecule has 0 amide bonds. The SMILES string of the molecule is CCC(N)C(c1ccccn1)N(C)Cc1cccc(Br)c1. The number of hydrogen-bond donors (Lipinski definition) is 1. The molecule has 2 N–H and O–H groups in total. The molecule has 112 valence electrons. The Kier molecular flexibility index (Phi) is 5.91. The summed E-state index contributed by atoms with van der Waals surface area (Å²) in [5, 5.41) is 0. The molecule has 0 bridgehead atoms. The molecular weight excluding hydrogens is 326 g/mol. The molecule has 1 aromatic carbocycles. The van der Waals surface area contributed by atoms with Crippen LogP contribution in [0.3, 0.4) is 0 Å². The lowest BCUT2D eigenvalue weighted by molar-refractivity contribution is 0.197. The van der Waals surface area contributed by atoms with Crippen molar-refractivity contribution in [2.45, 2.75) is 32.0 Å². The van der Waals surface area contributed by atoms with Crippen LogP contribution in [0.5, 0.6) is 0 Å². The Labute approximate surface area is 135 Å². The number of benzene rings is 1. The van der Waals surface area contributed by atoms with Crippen molar-refractivity contribution in [2.75, 3.05) is 7.05 Å². The predicted molar refractivity (Wildman–Crippen MR) is 90.9 cm³/mol. The quantitative estimate of drug-likeness (QED) is 0.864. The summed E-state index contributed by atoms with van der Waals surface area (Å²) in [5.41, 5.74) is 8.63. The van der Waals surface area contributed by atoms with E-state index in [-0.39, 0.29) is 12.1 Å². The number of halogens is 1. The fraction of sp³-hybridized carbons (Fsp3) is 0.353. The van der Waals surface area contributed by atoms with Gasteiger partial charge < -0.3 is 5.73 Å². The van der Waals surface area contributed by atoms with Gasteiger partial charge in [0.25, 0.3) is 0 Å². The zero-order valence-corrected chi connectivity index (χ0v) is 14.1. The summed E-state index contributed by atoms with van der Waals surface area (Å²) in [4.78, 5) is 6.77. The van der Waals surface area contributed by atoms with E-state index in [1.807, 2.05) is 24.4 Å². The topological polar surface area (TPSA) is 42.1 Å². The van der Waals surface area contributed by atoms with Crippen molar-refractivity contribution < 1.29 is 0 Å². The third-order valence-electron chi connectivity index (χ3n) is 3.66. The number of likely N-dealkylation sites (N-methyl/N-ethyl adjacent to an activating group) is 1. The number of nitrogens with zero attached hydrogens (tertiary/aromatic N) is 2. The predicted octanol–water partition coefficient (Wildman–Crippen LogP) is 3.75. The summed E-state index contributed by atoms with van der Waals surface area (Å²) in [7, 11) is 2.11. The van der Waals surface area contributed by atoms with Crippen LogP contribution in [0.15, 0.2) is 53.1 Å². The molecule has 2 unspecified atom stereocenters. The smallest absolute Gasteiger partial charge is 0.0673 e. The second-order valence-corrected chi connectivity index (χ2v) is 6.23. The first kappa shape index (κ1) is 16.1. The highest BCUT2D eigenvalue weighted by molar-refractivity contribution is 9.10. The summed E-state index contributed by atoms with van der Waals surface area (Å²) in [5.74, 6) is 0. The number of nitrogens with two attached hydrogens (primary N) is 1. The molecule has 0 saturated carbocycles. The highest BCUT2D eigenvalue weighted by Crippen LogP contribution is 2.24. The second-order valence-electron chi connectivity index (χ2n) is 5.32. The molecule has 0 aliphatic rings. The van der Waals surface area contributed by atoms with E-state index in [9.17, 15) is 0 Å². The molecule has 1 heterocycles. The van der Waals surface area contributed by atoms with Crippen molar-refractivity contribution in [3.63, 3.8) is 0 Å². The molecule has 0 saturated heterocycles. The van der Waals surface area contributed by atoms with Crippen molar-refractivity contribution >= 4 is 15.9 Å². The van der Waals surface area contributed by atoms with E-state index in [4.69, 9.17) is 5.73 Å². The first-order valence-corrected chi connectivity index (χ1v) is 8.02. The van der Waals surface area contributed by atoms with Crippen molar-refractivity contribution in [1.29, 1.82) is 0 Å². The molecule has 0 radical (unpaired) electrons. The van der Waals surface area contributed by atoms with Gasteiger partial charge in [-0.1, -0.05) is 41.1 Å². The van der Waals surface area contributed by atoms with Crippen LogP contribution >= 0.6 is 15.9 Å². The van der Waals surface area contributed by atoms with Crippen molar-refractivity contribution in [1.82, 2.24) is 9.88 Å². The molecule has 1 aromatic heterocycles. The Morgan fingerprint density at radius 2 is 2.05 bits per heavy atom. The van der Waals surface area contributed by atoms with Crippen LogP contribution < -0.4 is 5.73 Å². The van der Waals surface area contributed by atoms with Gasteiger partial charge in [0.05, 0.1) is 11.7 Å². The normalized spacial score (nSPS) is 14.1. The second kappa shape index (κ2) is 7.69. The van der Waals surface area contributed by atoms with Gasteiger partial charge in [0.1, 0.15) is 0 Å². The van der Waals surface area contributed by atoms with Crippen molar-refractivity contribution in [3.8, 4) is 0 Å². The highest BCUT2D eigenvalue weighted by atomic mass is 79.9. The van der Waals surface area contributed by atoms with Crippen molar-refractivity contribution in [2.24, 2.45) is 5.73 Å². The van der Waals surface area contributed by atoms with Gasteiger partial charge in [-0.05, 0) is 43.3 Å². The lowest BCUT2D eigenvalue weighted by atomic mass is 10.0. The Balaban J connectivity index is 2.20. The molecule has 0 spiro atoms. The highest BCUT2D eigenvalue weighted by Gasteiger charge is 2.24. The van der Waals surface area contributed by atoms with E-state index in [1.54, 1.807) is 0 Å². The number of pyridine rings is 1. The minimum Gasteiger partial charge on any atom is -0.326 e. The number of hydrogen-bond acceptors (Lipinski definition) is 3. The molecular formula is C17H22BrN3. The molecule has 2 rings (SSSR count). The lowest BCUT2D eigenvalue weighted by Gasteiger charge is -2.32. The average molecular weight is 348 g/mol. The third-order valence-corrected chi connectivity index (χ3v) is 4.16. The monoisotopic (exact) mass is 347 g/mol. The van der Waals surface area contributed by atoms with Gasteiger partial charge in [-0.25, -0.2) is 0 Å². The fourth-order valence-corrected chi connectivity index (χ4v) is 3.01. The van der Waals surface area contributed by atoms with Crippen LogP contribution in [-0.4, -0.2) is 23.0 Å². The zero-order valence-electron chi connectivity index (χ0n) is 12.5. The third kappa shape index (κ3) is 4.37. The van der Waals surface area contributed by atoms with E-state index in [0.29, 0.717) is 0 Å². The minimum atomic E-state index is 0.0667. The van der Waals surface area contributed by atoms with Gasteiger partial charge in [0.15, 0.2) is 0 Å². The molecule has 3 nitrogen and oxygen atoms in total.